The molecule has 0 saturated carbocycles. The summed E-state index contributed by atoms with van der Waals surface area (Å²) in [4.78, 5) is 21.9. The Hall–Kier alpha value is -2.26. The van der Waals surface area contributed by atoms with E-state index in [1.54, 1.807) is 0 Å². The van der Waals surface area contributed by atoms with Gasteiger partial charge in [-0.3, -0.25) is 0 Å². The van der Waals surface area contributed by atoms with E-state index in [1.807, 2.05) is 0 Å². The van der Waals surface area contributed by atoms with Gasteiger partial charge in [-0.2, -0.15) is 5.10 Å². The second-order valence-corrected chi connectivity index (χ2v) is 3.74. The van der Waals surface area contributed by atoms with Crippen molar-refractivity contribution in [3.8, 4) is 0 Å². The smallest absolute Gasteiger partial charge is 0.335 e. The molecule has 1 aliphatic rings. The molecule has 1 aromatic rings. The number of aromatic carboxylic acids is 2. The normalized spacial score (nSPS) is 14.6. The summed E-state index contributed by atoms with van der Waals surface area (Å²) in [5.41, 5.74) is 2.51. The molecule has 9 heteroatoms. The van der Waals surface area contributed by atoms with Crippen LogP contribution in [0.4, 0.5) is 5.69 Å². The molecular formula is C9H8N4O4S. The molecule has 0 unspecified atom stereocenters. The van der Waals surface area contributed by atoms with Crippen LogP contribution in [0.5, 0.6) is 0 Å². The van der Waals surface area contributed by atoms with Gasteiger partial charge in [-0.1, -0.05) is 4.52 Å². The summed E-state index contributed by atoms with van der Waals surface area (Å²) in [7, 11) is 0. The Morgan fingerprint density at radius 2 is 1.72 bits per heavy atom. The van der Waals surface area contributed by atoms with Gasteiger partial charge in [0, 0.05) is 0 Å². The summed E-state index contributed by atoms with van der Waals surface area (Å²) < 4.78 is 1.17. The van der Waals surface area contributed by atoms with Gasteiger partial charge < -0.3 is 10.2 Å². The number of hydrogen-bond donors (Lipinski definition) is 4. The fraction of sp³-hybridized carbons (Fsp3) is 0. The molecule has 1 aromatic carbocycles. The number of carboxylic acid groups (broad SMARTS) is 2. The molecule has 0 fully saturated rings. The quantitative estimate of drug-likeness (QED) is 0.588. The van der Waals surface area contributed by atoms with Crippen LogP contribution in [0.2, 0.25) is 0 Å². The number of hydrogen-bond acceptors (Lipinski definition) is 7. The van der Waals surface area contributed by atoms with Crippen LogP contribution >= 0.6 is 12.8 Å². The SMILES string of the molecule is O=C(O)c1cc(C(=O)O)cc(N2C=NNN2S)c1. The first kappa shape index (κ1) is 12.2. The predicted octanol–water partition coefficient (Wildman–Crippen LogP) is 0.413. The number of hydrazine groups is 2. The standard InChI is InChI=1S/C9H8N4O4S/c14-8(15)5-1-6(9(16)17)3-7(2-5)12-4-10-11-13(12)18/h1-4,11,18H,(H,14,15)(H,16,17). The number of rotatable bonds is 3. The average molecular weight is 268 g/mol. The molecule has 0 spiro atoms. The molecule has 2 rings (SSSR count). The molecule has 0 amide bonds. The summed E-state index contributed by atoms with van der Waals surface area (Å²) in [6, 6.07) is 3.71. The van der Waals surface area contributed by atoms with Gasteiger partial charge in [-0.25, -0.2) is 20.1 Å². The number of hydrazone groups is 1. The lowest BCUT2D eigenvalue weighted by Gasteiger charge is -2.21. The Morgan fingerprint density at radius 3 is 2.11 bits per heavy atom. The van der Waals surface area contributed by atoms with Gasteiger partial charge in [-0.15, -0.1) is 0 Å². The first-order chi connectivity index (χ1) is 8.49. The number of nitrogens with zero attached hydrogens (tertiary/aromatic N) is 3. The maximum absolute atomic E-state index is 10.9. The van der Waals surface area contributed by atoms with E-state index >= 15 is 0 Å². The third kappa shape index (κ3) is 2.21. The fourth-order valence-electron chi connectivity index (χ4n) is 1.40. The molecule has 18 heavy (non-hydrogen) atoms. The van der Waals surface area contributed by atoms with Gasteiger partial charge in [0.05, 0.1) is 16.8 Å². The molecule has 0 aromatic heterocycles. The predicted molar refractivity (Wildman–Crippen MR) is 65.3 cm³/mol. The molecule has 1 aliphatic heterocycles. The molecule has 3 N–H and O–H groups in total. The second kappa shape index (κ2) is 4.55. The monoisotopic (exact) mass is 268 g/mol. The average Bonchev–Trinajstić information content (AvgIpc) is 2.74. The summed E-state index contributed by atoms with van der Waals surface area (Å²) in [5, 5.41) is 22.9. The summed E-state index contributed by atoms with van der Waals surface area (Å²) >= 11 is 4.00. The zero-order valence-electron chi connectivity index (χ0n) is 8.81. The molecule has 0 atom stereocenters. The first-order valence-corrected chi connectivity index (χ1v) is 5.07. The molecule has 8 nitrogen and oxygen atoms in total. The zero-order chi connectivity index (χ0) is 13.3. The van der Waals surface area contributed by atoms with E-state index in [2.05, 4.69) is 23.5 Å². The lowest BCUT2D eigenvalue weighted by molar-refractivity contribution is 0.0696. The Morgan fingerprint density at radius 1 is 1.17 bits per heavy atom. The van der Waals surface area contributed by atoms with Gasteiger partial charge in [0.2, 0.25) is 0 Å². The van der Waals surface area contributed by atoms with Crippen molar-refractivity contribution in [2.24, 2.45) is 5.10 Å². The summed E-state index contributed by atoms with van der Waals surface area (Å²) in [6.45, 7) is 0. The van der Waals surface area contributed by atoms with Gasteiger partial charge in [-0.05, 0) is 31.0 Å². The largest absolute Gasteiger partial charge is 0.478 e. The van der Waals surface area contributed by atoms with Crippen LogP contribution in [0, 0.1) is 0 Å². The van der Waals surface area contributed by atoms with Crippen molar-refractivity contribution in [1.29, 1.82) is 0 Å². The molecule has 0 bridgehead atoms. The zero-order valence-corrected chi connectivity index (χ0v) is 9.70. The Balaban J connectivity index is 2.49. The van der Waals surface area contributed by atoms with E-state index in [-0.39, 0.29) is 11.1 Å². The summed E-state index contributed by atoms with van der Waals surface area (Å²) in [6.07, 6.45) is 1.33. The molecule has 0 saturated heterocycles. The van der Waals surface area contributed by atoms with Crippen LogP contribution in [0.15, 0.2) is 23.3 Å². The maximum atomic E-state index is 10.9. The van der Waals surface area contributed by atoms with Crippen molar-refractivity contribution in [2.45, 2.75) is 0 Å². The third-order valence-electron chi connectivity index (χ3n) is 2.19. The van der Waals surface area contributed by atoms with Crippen LogP contribution in [-0.2, 0) is 0 Å². The van der Waals surface area contributed by atoms with E-state index in [1.165, 1.54) is 28.0 Å². The van der Waals surface area contributed by atoms with Crippen molar-refractivity contribution in [1.82, 2.24) is 10.1 Å². The van der Waals surface area contributed by atoms with Crippen LogP contribution in [0.3, 0.4) is 0 Å². The Kier molecular flexibility index (Phi) is 3.08. The van der Waals surface area contributed by atoms with Crippen LogP contribution in [-0.4, -0.2) is 33.0 Å². The molecule has 1 heterocycles. The van der Waals surface area contributed by atoms with Crippen LogP contribution < -0.4 is 10.5 Å². The van der Waals surface area contributed by atoms with E-state index in [9.17, 15) is 9.59 Å². The minimum Gasteiger partial charge on any atom is -0.478 e. The van der Waals surface area contributed by atoms with Gasteiger partial charge >= 0.3 is 11.9 Å². The number of anilines is 1. The number of thiol groups is 1. The number of carboxylic acids is 2. The van der Waals surface area contributed by atoms with E-state index < -0.39 is 11.9 Å². The van der Waals surface area contributed by atoms with Crippen LogP contribution in [0.1, 0.15) is 20.7 Å². The summed E-state index contributed by atoms with van der Waals surface area (Å²) in [5.74, 6) is -2.43. The molecule has 0 aliphatic carbocycles. The van der Waals surface area contributed by atoms with Gasteiger partial charge in [0.1, 0.15) is 6.34 Å². The van der Waals surface area contributed by atoms with Crippen molar-refractivity contribution in [3.05, 3.63) is 29.3 Å². The fourth-order valence-corrected chi connectivity index (χ4v) is 1.60. The molecule has 0 radical (unpaired) electrons. The Labute approximate surface area is 107 Å². The van der Waals surface area contributed by atoms with Crippen molar-refractivity contribution >= 4 is 36.8 Å². The highest BCUT2D eigenvalue weighted by molar-refractivity contribution is 7.77. The third-order valence-corrected chi connectivity index (χ3v) is 2.48. The molecule has 94 valence electrons. The molecular weight excluding hydrogens is 260 g/mol. The van der Waals surface area contributed by atoms with Crippen molar-refractivity contribution < 1.29 is 19.8 Å². The lowest BCUT2D eigenvalue weighted by Crippen LogP contribution is -2.35. The number of nitrogens with one attached hydrogen (secondary N) is 1. The van der Waals surface area contributed by atoms with E-state index in [0.717, 1.165) is 6.07 Å². The lowest BCUT2D eigenvalue weighted by atomic mass is 10.1. The number of carbonyl (C=O) groups is 2. The van der Waals surface area contributed by atoms with E-state index in [4.69, 9.17) is 10.2 Å². The van der Waals surface area contributed by atoms with Gasteiger partial charge in [0.15, 0.2) is 0 Å². The van der Waals surface area contributed by atoms with E-state index in [0.29, 0.717) is 5.69 Å². The first-order valence-electron chi connectivity index (χ1n) is 4.67. The topological polar surface area (TPSA) is 105 Å². The number of benzene rings is 1. The van der Waals surface area contributed by atoms with Crippen LogP contribution in [0.25, 0.3) is 0 Å². The second-order valence-electron chi connectivity index (χ2n) is 3.36. The highest BCUT2D eigenvalue weighted by atomic mass is 32.1. The highest BCUT2D eigenvalue weighted by Crippen LogP contribution is 2.22. The minimum atomic E-state index is -1.21. The maximum Gasteiger partial charge on any atom is 0.335 e. The highest BCUT2D eigenvalue weighted by Gasteiger charge is 2.19. The minimum absolute atomic E-state index is 0.132. The van der Waals surface area contributed by atoms with Crippen molar-refractivity contribution in [2.75, 3.05) is 5.01 Å². The van der Waals surface area contributed by atoms with Crippen molar-refractivity contribution in [3.63, 3.8) is 0 Å². The van der Waals surface area contributed by atoms with Gasteiger partial charge in [0.25, 0.3) is 0 Å². The Bertz CT molecular complexity index is 515.